The molecule has 0 amide bonds. The minimum atomic E-state index is -4.32. The number of alkyl halides is 3. The van der Waals surface area contributed by atoms with Crippen LogP contribution in [-0.2, 0) is 30.7 Å². The number of aliphatic hydroxyl groups is 1. The number of aliphatic hydroxyl groups excluding tert-OH is 1. The van der Waals surface area contributed by atoms with Crippen molar-refractivity contribution in [1.82, 2.24) is 4.98 Å². The van der Waals surface area contributed by atoms with Gasteiger partial charge in [-0.15, -0.1) is 11.3 Å². The predicted octanol–water partition coefficient (Wildman–Crippen LogP) is 3.37. The number of ether oxygens (including phenoxy) is 1. The highest BCUT2D eigenvalue weighted by atomic mass is 32.1. The van der Waals surface area contributed by atoms with Gasteiger partial charge < -0.3 is 9.84 Å². The molecule has 1 aromatic carbocycles. The molecule has 1 aromatic heterocycles. The number of rotatable bonds is 5. The monoisotopic (exact) mass is 303 g/mol. The molecule has 20 heavy (non-hydrogen) atoms. The van der Waals surface area contributed by atoms with Crippen LogP contribution in [-0.4, -0.2) is 10.1 Å². The molecular weight excluding hydrogens is 291 g/mol. The summed E-state index contributed by atoms with van der Waals surface area (Å²) in [5.41, 5.74) is 0.578. The molecule has 0 radical (unpaired) electrons. The first kappa shape index (κ1) is 15.0. The van der Waals surface area contributed by atoms with Crippen LogP contribution in [0.25, 0.3) is 0 Å². The van der Waals surface area contributed by atoms with Crippen molar-refractivity contribution in [2.24, 2.45) is 0 Å². The number of hydrogen-bond acceptors (Lipinski definition) is 4. The number of halogens is 3. The van der Waals surface area contributed by atoms with E-state index in [4.69, 9.17) is 9.84 Å². The fourth-order valence-corrected chi connectivity index (χ4v) is 2.25. The van der Waals surface area contributed by atoms with Crippen molar-refractivity contribution in [2.45, 2.75) is 26.0 Å². The fourth-order valence-electron chi connectivity index (χ4n) is 1.53. The molecule has 0 aliphatic heterocycles. The third-order valence-corrected chi connectivity index (χ3v) is 3.41. The molecule has 0 fully saturated rings. The van der Waals surface area contributed by atoms with E-state index < -0.39 is 11.7 Å². The summed E-state index contributed by atoms with van der Waals surface area (Å²) in [5, 5.41) is 11.3. The molecule has 1 N–H and O–H groups in total. The molecule has 0 saturated heterocycles. The fraction of sp³-hybridized carbons (Fsp3) is 0.308. The lowest BCUT2D eigenvalue weighted by molar-refractivity contribution is -0.137. The first-order valence-electron chi connectivity index (χ1n) is 5.77. The molecule has 0 bridgehead atoms. The van der Waals surface area contributed by atoms with Crippen molar-refractivity contribution in [3.8, 4) is 0 Å². The number of nitrogens with zero attached hydrogens (tertiary/aromatic N) is 1. The molecule has 0 aliphatic rings. The SMILES string of the molecule is OCc1csc(COCc2ccc(C(F)(F)F)cc2)n1. The Balaban J connectivity index is 1.85. The van der Waals surface area contributed by atoms with E-state index in [0.717, 1.165) is 17.1 Å². The number of hydrogen-bond donors (Lipinski definition) is 1. The summed E-state index contributed by atoms with van der Waals surface area (Å²) in [6.07, 6.45) is -4.32. The smallest absolute Gasteiger partial charge is 0.390 e. The number of aromatic nitrogens is 1. The van der Waals surface area contributed by atoms with E-state index in [0.29, 0.717) is 11.3 Å². The molecule has 2 aromatic rings. The zero-order valence-corrected chi connectivity index (χ0v) is 11.2. The van der Waals surface area contributed by atoms with Gasteiger partial charge in [-0.05, 0) is 17.7 Å². The lowest BCUT2D eigenvalue weighted by Crippen LogP contribution is -2.04. The van der Waals surface area contributed by atoms with Gasteiger partial charge in [0.1, 0.15) is 5.01 Å². The summed E-state index contributed by atoms with van der Waals surface area (Å²) >= 11 is 1.37. The maximum Gasteiger partial charge on any atom is 0.416 e. The molecule has 7 heteroatoms. The van der Waals surface area contributed by atoms with Crippen LogP contribution in [0.2, 0.25) is 0 Å². The molecule has 0 aliphatic carbocycles. The van der Waals surface area contributed by atoms with Crippen molar-refractivity contribution >= 4 is 11.3 Å². The summed E-state index contributed by atoms with van der Waals surface area (Å²) in [5.74, 6) is 0. The second-order valence-corrected chi connectivity index (χ2v) is 5.02. The Hall–Kier alpha value is -1.44. The maximum absolute atomic E-state index is 12.4. The van der Waals surface area contributed by atoms with Crippen LogP contribution in [0.1, 0.15) is 21.8 Å². The normalized spacial score (nSPS) is 11.8. The molecule has 2 rings (SSSR count). The predicted molar refractivity (Wildman–Crippen MR) is 68.0 cm³/mol. The van der Waals surface area contributed by atoms with Gasteiger partial charge in [-0.25, -0.2) is 4.98 Å². The molecule has 0 spiro atoms. The lowest BCUT2D eigenvalue weighted by Gasteiger charge is -2.07. The van der Waals surface area contributed by atoms with E-state index >= 15 is 0 Å². The van der Waals surface area contributed by atoms with Crippen LogP contribution in [0.15, 0.2) is 29.6 Å². The first-order valence-corrected chi connectivity index (χ1v) is 6.65. The molecule has 3 nitrogen and oxygen atoms in total. The van der Waals surface area contributed by atoms with Crippen molar-refractivity contribution in [3.05, 3.63) is 51.5 Å². The van der Waals surface area contributed by atoms with E-state index in [-0.39, 0.29) is 19.8 Å². The van der Waals surface area contributed by atoms with Gasteiger partial charge in [-0.3, -0.25) is 0 Å². The zero-order valence-electron chi connectivity index (χ0n) is 10.4. The second-order valence-electron chi connectivity index (χ2n) is 4.08. The highest BCUT2D eigenvalue weighted by molar-refractivity contribution is 7.09. The van der Waals surface area contributed by atoms with Crippen molar-refractivity contribution in [3.63, 3.8) is 0 Å². The van der Waals surface area contributed by atoms with Gasteiger partial charge in [-0.1, -0.05) is 12.1 Å². The van der Waals surface area contributed by atoms with Gasteiger partial charge in [-0.2, -0.15) is 13.2 Å². The van der Waals surface area contributed by atoms with Crippen LogP contribution < -0.4 is 0 Å². The lowest BCUT2D eigenvalue weighted by atomic mass is 10.1. The zero-order chi connectivity index (χ0) is 14.6. The van der Waals surface area contributed by atoms with Crippen molar-refractivity contribution < 1.29 is 23.0 Å². The molecule has 0 unspecified atom stereocenters. The van der Waals surface area contributed by atoms with Gasteiger partial charge >= 0.3 is 6.18 Å². The van der Waals surface area contributed by atoms with Crippen LogP contribution in [0.3, 0.4) is 0 Å². The first-order chi connectivity index (χ1) is 9.49. The second kappa shape index (κ2) is 6.34. The van der Waals surface area contributed by atoms with Gasteiger partial charge in [0, 0.05) is 5.38 Å². The van der Waals surface area contributed by atoms with Crippen LogP contribution in [0.5, 0.6) is 0 Å². The van der Waals surface area contributed by atoms with E-state index in [1.165, 1.54) is 23.5 Å². The Kier molecular flexibility index (Phi) is 4.74. The Labute approximate surface area is 117 Å². The Morgan fingerprint density at radius 1 is 1.15 bits per heavy atom. The number of thiazole rings is 1. The Bertz CT molecular complexity index is 551. The van der Waals surface area contributed by atoms with Gasteiger partial charge in [0.25, 0.3) is 0 Å². The van der Waals surface area contributed by atoms with E-state index in [1.807, 2.05) is 0 Å². The molecule has 0 atom stereocenters. The standard InChI is InChI=1S/C13H12F3NO2S/c14-13(15,16)10-3-1-9(2-4-10)6-19-7-12-17-11(5-18)8-20-12/h1-4,8,18H,5-7H2. The average Bonchev–Trinajstić information content (AvgIpc) is 2.86. The maximum atomic E-state index is 12.4. The van der Waals surface area contributed by atoms with Gasteiger partial charge in [0.15, 0.2) is 0 Å². The Morgan fingerprint density at radius 3 is 2.40 bits per heavy atom. The van der Waals surface area contributed by atoms with E-state index in [2.05, 4.69) is 4.98 Å². The average molecular weight is 303 g/mol. The number of benzene rings is 1. The minimum absolute atomic E-state index is 0.116. The van der Waals surface area contributed by atoms with E-state index in [1.54, 1.807) is 5.38 Å². The topological polar surface area (TPSA) is 42.4 Å². The minimum Gasteiger partial charge on any atom is -0.390 e. The largest absolute Gasteiger partial charge is 0.416 e. The summed E-state index contributed by atoms with van der Waals surface area (Å²) in [7, 11) is 0. The van der Waals surface area contributed by atoms with Crippen molar-refractivity contribution in [1.29, 1.82) is 0 Å². The summed E-state index contributed by atoms with van der Waals surface area (Å²) in [6.45, 7) is 0.368. The third-order valence-electron chi connectivity index (χ3n) is 2.54. The quantitative estimate of drug-likeness (QED) is 0.921. The van der Waals surface area contributed by atoms with Crippen LogP contribution in [0, 0.1) is 0 Å². The summed E-state index contributed by atoms with van der Waals surface area (Å²) < 4.78 is 42.5. The summed E-state index contributed by atoms with van der Waals surface area (Å²) in [6, 6.07) is 4.85. The summed E-state index contributed by atoms with van der Waals surface area (Å²) in [4.78, 5) is 4.10. The van der Waals surface area contributed by atoms with Crippen LogP contribution in [0.4, 0.5) is 13.2 Å². The van der Waals surface area contributed by atoms with E-state index in [9.17, 15) is 13.2 Å². The highest BCUT2D eigenvalue weighted by Gasteiger charge is 2.29. The molecular formula is C13H12F3NO2S. The Morgan fingerprint density at radius 2 is 1.85 bits per heavy atom. The van der Waals surface area contributed by atoms with Gasteiger partial charge in [0.2, 0.25) is 0 Å². The van der Waals surface area contributed by atoms with Crippen LogP contribution >= 0.6 is 11.3 Å². The van der Waals surface area contributed by atoms with Gasteiger partial charge in [0.05, 0.1) is 31.1 Å². The molecule has 108 valence electrons. The molecule has 0 saturated carbocycles. The molecule has 1 heterocycles. The highest BCUT2D eigenvalue weighted by Crippen LogP contribution is 2.29. The third kappa shape index (κ3) is 4.03. The van der Waals surface area contributed by atoms with Crippen molar-refractivity contribution in [2.75, 3.05) is 0 Å².